The first-order valence-electron chi connectivity index (χ1n) is 5.77. The summed E-state index contributed by atoms with van der Waals surface area (Å²) in [5.41, 5.74) is 1.87. The zero-order valence-corrected chi connectivity index (χ0v) is 10.1. The zero-order chi connectivity index (χ0) is 13.0. The van der Waals surface area contributed by atoms with Crippen molar-refractivity contribution in [3.63, 3.8) is 0 Å². The van der Waals surface area contributed by atoms with Gasteiger partial charge in [-0.25, -0.2) is 4.39 Å². The molecule has 3 nitrogen and oxygen atoms in total. The molecular formula is C14H15FN2O. The molecule has 0 radical (unpaired) electrons. The van der Waals surface area contributed by atoms with E-state index in [1.54, 1.807) is 18.5 Å². The topological polar surface area (TPSA) is 45.2 Å². The number of halogens is 1. The number of hydrogen-bond acceptors (Lipinski definition) is 3. The number of rotatable bonds is 4. The fraction of sp³-hybridized carbons (Fsp3) is 0.214. The molecular weight excluding hydrogens is 231 g/mol. The molecule has 0 aliphatic heterocycles. The Labute approximate surface area is 105 Å². The van der Waals surface area contributed by atoms with E-state index >= 15 is 0 Å². The van der Waals surface area contributed by atoms with E-state index in [0.29, 0.717) is 6.54 Å². The molecule has 2 N–H and O–H groups in total. The van der Waals surface area contributed by atoms with Gasteiger partial charge in [0.1, 0.15) is 0 Å². The van der Waals surface area contributed by atoms with E-state index < -0.39 is 5.82 Å². The summed E-state index contributed by atoms with van der Waals surface area (Å²) in [6, 6.07) is 8.27. The summed E-state index contributed by atoms with van der Waals surface area (Å²) in [5, 5.41) is 12.4. The lowest BCUT2D eigenvalue weighted by molar-refractivity contribution is 0.430. The van der Waals surface area contributed by atoms with Crippen LogP contribution in [0.2, 0.25) is 0 Å². The molecule has 0 unspecified atom stereocenters. The maximum absolute atomic E-state index is 13.2. The van der Waals surface area contributed by atoms with Crippen molar-refractivity contribution in [1.82, 2.24) is 10.3 Å². The normalized spacial score (nSPS) is 12.3. The van der Waals surface area contributed by atoms with Crippen molar-refractivity contribution in [2.75, 3.05) is 0 Å². The average molecular weight is 246 g/mol. The third-order valence-electron chi connectivity index (χ3n) is 2.81. The van der Waals surface area contributed by atoms with Crippen LogP contribution in [0.3, 0.4) is 0 Å². The van der Waals surface area contributed by atoms with Gasteiger partial charge in [0.15, 0.2) is 11.6 Å². The molecule has 0 bridgehead atoms. The number of nitrogens with zero attached hydrogens (tertiary/aromatic N) is 1. The van der Waals surface area contributed by atoms with Crippen LogP contribution in [0.15, 0.2) is 42.7 Å². The van der Waals surface area contributed by atoms with Crippen molar-refractivity contribution in [2.24, 2.45) is 0 Å². The van der Waals surface area contributed by atoms with Crippen LogP contribution < -0.4 is 5.32 Å². The van der Waals surface area contributed by atoms with Crippen molar-refractivity contribution in [3.8, 4) is 5.75 Å². The second-order valence-electron chi connectivity index (χ2n) is 4.17. The van der Waals surface area contributed by atoms with Crippen LogP contribution in [0.1, 0.15) is 24.1 Å². The van der Waals surface area contributed by atoms with Gasteiger partial charge in [0.25, 0.3) is 0 Å². The highest BCUT2D eigenvalue weighted by atomic mass is 19.1. The highest BCUT2D eigenvalue weighted by Crippen LogP contribution is 2.20. The molecule has 1 heterocycles. The molecule has 2 aromatic rings. The Morgan fingerprint density at radius 1 is 1.39 bits per heavy atom. The largest absolute Gasteiger partial charge is 0.505 e. The second-order valence-corrected chi connectivity index (χ2v) is 4.17. The third-order valence-corrected chi connectivity index (χ3v) is 2.81. The highest BCUT2D eigenvalue weighted by Gasteiger charge is 2.08. The minimum absolute atomic E-state index is 0.000283. The number of hydrogen-bond donors (Lipinski definition) is 2. The van der Waals surface area contributed by atoms with Crippen molar-refractivity contribution >= 4 is 0 Å². The Hall–Kier alpha value is -1.94. The maximum Gasteiger partial charge on any atom is 0.165 e. The molecule has 0 aliphatic carbocycles. The number of benzene rings is 1. The zero-order valence-electron chi connectivity index (χ0n) is 10.1. The lowest BCUT2D eigenvalue weighted by atomic mass is 10.1. The van der Waals surface area contributed by atoms with Gasteiger partial charge in [-0.3, -0.25) is 4.98 Å². The second kappa shape index (κ2) is 5.60. The van der Waals surface area contributed by atoms with E-state index in [-0.39, 0.29) is 11.8 Å². The lowest BCUT2D eigenvalue weighted by Gasteiger charge is -2.14. The lowest BCUT2D eigenvalue weighted by Crippen LogP contribution is -2.18. The van der Waals surface area contributed by atoms with Crippen LogP contribution in [0.25, 0.3) is 0 Å². The van der Waals surface area contributed by atoms with E-state index in [1.165, 1.54) is 12.1 Å². The third kappa shape index (κ3) is 3.05. The van der Waals surface area contributed by atoms with Crippen molar-refractivity contribution in [3.05, 3.63) is 59.7 Å². The molecule has 0 spiro atoms. The van der Waals surface area contributed by atoms with Gasteiger partial charge in [-0.05, 0) is 36.2 Å². The highest BCUT2D eigenvalue weighted by molar-refractivity contribution is 5.29. The van der Waals surface area contributed by atoms with Crippen molar-refractivity contribution in [2.45, 2.75) is 19.5 Å². The molecule has 1 aromatic heterocycles. The summed E-state index contributed by atoms with van der Waals surface area (Å²) in [6.45, 7) is 2.61. The Morgan fingerprint density at radius 3 is 2.89 bits per heavy atom. The summed E-state index contributed by atoms with van der Waals surface area (Å²) >= 11 is 0. The Kier molecular flexibility index (Phi) is 3.89. The minimum Gasteiger partial charge on any atom is -0.505 e. The van der Waals surface area contributed by atoms with Crippen molar-refractivity contribution < 1.29 is 9.50 Å². The maximum atomic E-state index is 13.2. The molecule has 0 fully saturated rings. The minimum atomic E-state index is -0.595. The van der Waals surface area contributed by atoms with Crippen LogP contribution in [0.4, 0.5) is 4.39 Å². The number of aromatic hydroxyl groups is 1. The number of aromatic nitrogens is 1. The van der Waals surface area contributed by atoms with Crippen LogP contribution in [0.5, 0.6) is 5.75 Å². The summed E-state index contributed by atoms with van der Waals surface area (Å²) in [4.78, 5) is 4.03. The molecule has 0 aliphatic rings. The van der Waals surface area contributed by atoms with E-state index in [0.717, 1.165) is 11.1 Å². The Balaban J connectivity index is 1.99. The fourth-order valence-corrected chi connectivity index (χ4v) is 1.68. The summed E-state index contributed by atoms with van der Waals surface area (Å²) in [5.74, 6) is -0.916. The summed E-state index contributed by atoms with van der Waals surface area (Å²) in [6.07, 6.45) is 3.51. The Bertz CT molecular complexity index is 516. The smallest absolute Gasteiger partial charge is 0.165 e. The van der Waals surface area contributed by atoms with Gasteiger partial charge < -0.3 is 10.4 Å². The summed E-state index contributed by atoms with van der Waals surface area (Å²) < 4.78 is 13.2. The number of phenols is 1. The first kappa shape index (κ1) is 12.5. The first-order chi connectivity index (χ1) is 8.66. The van der Waals surface area contributed by atoms with Gasteiger partial charge in [-0.1, -0.05) is 12.1 Å². The summed E-state index contributed by atoms with van der Waals surface area (Å²) in [7, 11) is 0. The standard InChI is InChI=1S/C14H15FN2O/c1-10(12-4-5-14(18)13(15)7-12)17-9-11-3-2-6-16-8-11/h2-8,10,17-18H,9H2,1H3/t10-/m0/s1. The number of pyridine rings is 1. The van der Waals surface area contributed by atoms with Gasteiger partial charge in [-0.2, -0.15) is 0 Å². The number of nitrogens with one attached hydrogen (secondary N) is 1. The monoisotopic (exact) mass is 246 g/mol. The van der Waals surface area contributed by atoms with Crippen LogP contribution in [0, 0.1) is 5.82 Å². The predicted octanol–water partition coefficient (Wildman–Crippen LogP) is 2.78. The van der Waals surface area contributed by atoms with E-state index in [4.69, 9.17) is 5.11 Å². The van der Waals surface area contributed by atoms with Gasteiger partial charge in [0.2, 0.25) is 0 Å². The molecule has 94 valence electrons. The molecule has 2 rings (SSSR count). The van der Waals surface area contributed by atoms with Crippen LogP contribution >= 0.6 is 0 Å². The fourth-order valence-electron chi connectivity index (χ4n) is 1.68. The Morgan fingerprint density at radius 2 is 2.22 bits per heavy atom. The van der Waals surface area contributed by atoms with Gasteiger partial charge in [-0.15, -0.1) is 0 Å². The quantitative estimate of drug-likeness (QED) is 0.872. The van der Waals surface area contributed by atoms with Gasteiger partial charge in [0.05, 0.1) is 0 Å². The van der Waals surface area contributed by atoms with E-state index in [9.17, 15) is 4.39 Å². The molecule has 18 heavy (non-hydrogen) atoms. The molecule has 0 saturated heterocycles. The molecule has 4 heteroatoms. The SMILES string of the molecule is C[C@H](NCc1cccnc1)c1ccc(O)c(F)c1. The van der Waals surface area contributed by atoms with Gasteiger partial charge >= 0.3 is 0 Å². The first-order valence-corrected chi connectivity index (χ1v) is 5.77. The van der Waals surface area contributed by atoms with E-state index in [2.05, 4.69) is 10.3 Å². The average Bonchev–Trinajstić information content (AvgIpc) is 2.40. The molecule has 1 atom stereocenters. The van der Waals surface area contributed by atoms with E-state index in [1.807, 2.05) is 19.1 Å². The molecule has 1 aromatic carbocycles. The van der Waals surface area contributed by atoms with Crippen molar-refractivity contribution in [1.29, 1.82) is 0 Å². The molecule has 0 amide bonds. The van der Waals surface area contributed by atoms with Gasteiger partial charge in [0, 0.05) is 25.0 Å². The molecule has 0 saturated carbocycles. The predicted molar refractivity (Wildman–Crippen MR) is 67.6 cm³/mol. The van der Waals surface area contributed by atoms with Crippen LogP contribution in [-0.4, -0.2) is 10.1 Å². The number of phenolic OH excluding ortho intramolecular Hbond substituents is 1. The van der Waals surface area contributed by atoms with Crippen LogP contribution in [-0.2, 0) is 6.54 Å².